The molecule has 0 unspecified atom stereocenters. The molecule has 1 aliphatic carbocycles. The molecule has 3 heteroatoms. The van der Waals surface area contributed by atoms with Crippen LogP contribution in [-0.2, 0) is 6.54 Å². The molecule has 0 amide bonds. The summed E-state index contributed by atoms with van der Waals surface area (Å²) in [5.41, 5.74) is 3.86. The van der Waals surface area contributed by atoms with Gasteiger partial charge in [-0.25, -0.2) is 4.98 Å². The van der Waals surface area contributed by atoms with Crippen molar-refractivity contribution < 1.29 is 0 Å². The Bertz CT molecular complexity index is 438. The van der Waals surface area contributed by atoms with E-state index >= 15 is 0 Å². The van der Waals surface area contributed by atoms with E-state index in [0.29, 0.717) is 0 Å². The van der Waals surface area contributed by atoms with Crippen molar-refractivity contribution in [2.75, 3.05) is 24.5 Å². The van der Waals surface area contributed by atoms with Crippen molar-refractivity contribution >= 4 is 5.82 Å². The number of aryl methyl sites for hydroxylation is 2. The third kappa shape index (κ3) is 3.51. The fourth-order valence-electron chi connectivity index (χ4n) is 2.93. The van der Waals surface area contributed by atoms with Crippen LogP contribution in [0.5, 0.6) is 0 Å². The van der Waals surface area contributed by atoms with E-state index in [2.05, 4.69) is 44.0 Å². The molecule has 3 nitrogen and oxygen atoms in total. The number of pyridine rings is 1. The van der Waals surface area contributed by atoms with Crippen LogP contribution in [0.3, 0.4) is 0 Å². The lowest BCUT2D eigenvalue weighted by atomic mass is 9.85. The molecule has 0 saturated heterocycles. The minimum atomic E-state index is 0.879. The zero-order valence-electron chi connectivity index (χ0n) is 13.5. The van der Waals surface area contributed by atoms with E-state index in [1.54, 1.807) is 0 Å². The van der Waals surface area contributed by atoms with Gasteiger partial charge in [0.2, 0.25) is 0 Å². The smallest absolute Gasteiger partial charge is 0.133 e. The van der Waals surface area contributed by atoms with Crippen LogP contribution in [0.2, 0.25) is 0 Å². The molecule has 1 fully saturated rings. The summed E-state index contributed by atoms with van der Waals surface area (Å²) in [7, 11) is 0. The van der Waals surface area contributed by atoms with Gasteiger partial charge in [0, 0.05) is 30.9 Å². The Kier molecular flexibility index (Phi) is 5.41. The predicted octanol–water partition coefficient (Wildman–Crippen LogP) is 3.43. The Morgan fingerprint density at radius 1 is 1.30 bits per heavy atom. The lowest BCUT2D eigenvalue weighted by Crippen LogP contribution is -2.34. The fraction of sp³-hybridized carbons (Fsp3) is 0.706. The lowest BCUT2D eigenvalue weighted by molar-refractivity contribution is 0.318. The molecule has 112 valence electrons. The molecule has 0 aliphatic heterocycles. The Morgan fingerprint density at radius 2 is 2.05 bits per heavy atom. The van der Waals surface area contributed by atoms with Crippen molar-refractivity contribution in [3.63, 3.8) is 0 Å². The summed E-state index contributed by atoms with van der Waals surface area (Å²) in [6, 6.07) is 2.20. The van der Waals surface area contributed by atoms with E-state index in [0.717, 1.165) is 31.2 Å². The fourth-order valence-corrected chi connectivity index (χ4v) is 2.93. The molecule has 1 heterocycles. The Hall–Kier alpha value is -1.09. The molecule has 0 spiro atoms. The molecule has 1 aliphatic rings. The largest absolute Gasteiger partial charge is 0.356 e. The molecule has 1 N–H and O–H groups in total. The predicted molar refractivity (Wildman–Crippen MR) is 86.3 cm³/mol. The lowest BCUT2D eigenvalue weighted by Gasteiger charge is -2.34. The zero-order chi connectivity index (χ0) is 14.5. The molecule has 0 radical (unpaired) electrons. The van der Waals surface area contributed by atoms with Crippen molar-refractivity contribution in [1.82, 2.24) is 10.3 Å². The van der Waals surface area contributed by atoms with Gasteiger partial charge in [0.15, 0.2) is 0 Å². The van der Waals surface area contributed by atoms with Crippen LogP contribution in [-0.4, -0.2) is 24.6 Å². The molecule has 0 aromatic carbocycles. The second-order valence-corrected chi connectivity index (χ2v) is 6.00. The van der Waals surface area contributed by atoms with Crippen molar-refractivity contribution in [2.24, 2.45) is 5.92 Å². The minimum Gasteiger partial charge on any atom is -0.356 e. The third-order valence-electron chi connectivity index (χ3n) is 4.39. The van der Waals surface area contributed by atoms with Crippen LogP contribution in [0.25, 0.3) is 0 Å². The highest BCUT2D eigenvalue weighted by Gasteiger charge is 2.22. The van der Waals surface area contributed by atoms with Gasteiger partial charge >= 0.3 is 0 Å². The van der Waals surface area contributed by atoms with Gasteiger partial charge in [0.25, 0.3) is 0 Å². The van der Waals surface area contributed by atoms with E-state index in [9.17, 15) is 0 Å². The first-order valence-corrected chi connectivity index (χ1v) is 8.08. The van der Waals surface area contributed by atoms with Crippen LogP contribution >= 0.6 is 0 Å². The molecule has 0 atom stereocenters. The first-order chi connectivity index (χ1) is 9.65. The average molecular weight is 275 g/mol. The summed E-state index contributed by atoms with van der Waals surface area (Å²) in [5.74, 6) is 2.09. The van der Waals surface area contributed by atoms with Gasteiger partial charge in [-0.05, 0) is 57.7 Å². The topological polar surface area (TPSA) is 28.2 Å². The molecule has 1 saturated carbocycles. The normalized spacial score (nSPS) is 15.2. The van der Waals surface area contributed by atoms with E-state index in [-0.39, 0.29) is 0 Å². The van der Waals surface area contributed by atoms with Gasteiger partial charge in [-0.3, -0.25) is 0 Å². The van der Waals surface area contributed by atoms with Gasteiger partial charge in [-0.2, -0.15) is 0 Å². The Labute approximate surface area is 123 Å². The third-order valence-corrected chi connectivity index (χ3v) is 4.39. The van der Waals surface area contributed by atoms with Crippen molar-refractivity contribution in [3.8, 4) is 0 Å². The van der Waals surface area contributed by atoms with Crippen LogP contribution in [0.4, 0.5) is 5.82 Å². The van der Waals surface area contributed by atoms with Crippen molar-refractivity contribution in [3.05, 3.63) is 22.9 Å². The maximum absolute atomic E-state index is 4.86. The highest BCUT2D eigenvalue weighted by molar-refractivity contribution is 5.51. The molecular formula is C17H29N3. The summed E-state index contributed by atoms with van der Waals surface area (Å²) in [5, 5.41) is 3.46. The number of nitrogens with zero attached hydrogens (tertiary/aromatic N) is 2. The van der Waals surface area contributed by atoms with Crippen LogP contribution in [0.1, 0.15) is 49.9 Å². The first-order valence-electron chi connectivity index (χ1n) is 8.08. The summed E-state index contributed by atoms with van der Waals surface area (Å²) in [6.07, 6.45) is 4.19. The van der Waals surface area contributed by atoms with E-state index < -0.39 is 0 Å². The van der Waals surface area contributed by atoms with E-state index in [4.69, 9.17) is 4.98 Å². The SMILES string of the molecule is CCNCc1c(C)cc(C)nc1N(CC)CC1CCC1. The molecule has 1 aromatic rings. The number of nitrogens with one attached hydrogen (secondary N) is 1. The first kappa shape index (κ1) is 15.3. The van der Waals surface area contributed by atoms with Crippen molar-refractivity contribution in [2.45, 2.75) is 53.5 Å². The Balaban J connectivity index is 2.25. The number of hydrogen-bond acceptors (Lipinski definition) is 3. The number of rotatable bonds is 7. The van der Waals surface area contributed by atoms with Crippen LogP contribution < -0.4 is 10.2 Å². The molecule has 1 aromatic heterocycles. The van der Waals surface area contributed by atoms with E-state index in [1.807, 2.05) is 0 Å². The summed E-state index contributed by atoms with van der Waals surface area (Å²) < 4.78 is 0. The number of hydrogen-bond donors (Lipinski definition) is 1. The summed E-state index contributed by atoms with van der Waals surface area (Å²) >= 11 is 0. The maximum Gasteiger partial charge on any atom is 0.133 e. The second-order valence-electron chi connectivity index (χ2n) is 6.00. The van der Waals surface area contributed by atoms with Crippen LogP contribution in [0, 0.1) is 19.8 Å². The van der Waals surface area contributed by atoms with Crippen molar-refractivity contribution in [1.29, 1.82) is 0 Å². The number of aromatic nitrogens is 1. The van der Waals surface area contributed by atoms with E-state index in [1.165, 1.54) is 42.8 Å². The van der Waals surface area contributed by atoms with Crippen LogP contribution in [0.15, 0.2) is 6.07 Å². The zero-order valence-corrected chi connectivity index (χ0v) is 13.5. The molecular weight excluding hydrogens is 246 g/mol. The van der Waals surface area contributed by atoms with Gasteiger partial charge in [-0.15, -0.1) is 0 Å². The average Bonchev–Trinajstić information content (AvgIpc) is 2.36. The number of anilines is 1. The summed E-state index contributed by atoms with van der Waals surface area (Å²) in [6.45, 7) is 12.9. The molecule has 20 heavy (non-hydrogen) atoms. The molecule has 2 rings (SSSR count). The van der Waals surface area contributed by atoms with Gasteiger partial charge in [0.05, 0.1) is 0 Å². The Morgan fingerprint density at radius 3 is 2.60 bits per heavy atom. The van der Waals surface area contributed by atoms with Gasteiger partial charge in [-0.1, -0.05) is 13.3 Å². The van der Waals surface area contributed by atoms with Gasteiger partial charge < -0.3 is 10.2 Å². The summed E-state index contributed by atoms with van der Waals surface area (Å²) in [4.78, 5) is 7.34. The highest BCUT2D eigenvalue weighted by atomic mass is 15.2. The highest BCUT2D eigenvalue weighted by Crippen LogP contribution is 2.30. The molecule has 0 bridgehead atoms. The quantitative estimate of drug-likeness (QED) is 0.826. The maximum atomic E-state index is 4.86. The minimum absolute atomic E-state index is 0.879. The second kappa shape index (κ2) is 7.07. The van der Waals surface area contributed by atoms with Gasteiger partial charge in [0.1, 0.15) is 5.82 Å². The monoisotopic (exact) mass is 275 g/mol. The standard InChI is InChI=1S/C17H29N3/c1-5-18-11-16-13(3)10-14(4)19-17(16)20(6-2)12-15-8-7-9-15/h10,15,18H,5-9,11-12H2,1-4H3.